The maximum absolute atomic E-state index is 12.3. The van der Waals surface area contributed by atoms with Gasteiger partial charge in [-0.25, -0.2) is 0 Å². The molecule has 0 atom stereocenters. The van der Waals surface area contributed by atoms with Crippen molar-refractivity contribution in [2.45, 2.75) is 6.92 Å². The molecule has 0 aliphatic rings. The lowest BCUT2D eigenvalue weighted by molar-refractivity contribution is -0.114. The van der Waals surface area contributed by atoms with E-state index in [4.69, 9.17) is 9.47 Å². The third-order valence-corrected chi connectivity index (χ3v) is 3.81. The molecule has 0 spiro atoms. The molecular formula is C20H23N3O5. The van der Waals surface area contributed by atoms with Crippen molar-refractivity contribution in [1.82, 2.24) is 10.6 Å². The Kier molecular flexibility index (Phi) is 7.38. The van der Waals surface area contributed by atoms with Crippen molar-refractivity contribution < 1.29 is 23.9 Å². The number of methoxy groups -OCH3 is 2. The summed E-state index contributed by atoms with van der Waals surface area (Å²) < 4.78 is 10.4. The summed E-state index contributed by atoms with van der Waals surface area (Å²) in [5.74, 6) is 0.0322. The molecule has 0 saturated heterocycles. The molecule has 3 amide bonds. The maximum Gasteiger partial charge on any atom is 0.255 e. The normalized spacial score (nSPS) is 9.96. The van der Waals surface area contributed by atoms with Gasteiger partial charge in [-0.1, -0.05) is 6.07 Å². The summed E-state index contributed by atoms with van der Waals surface area (Å²) in [6, 6.07) is 11.5. The van der Waals surface area contributed by atoms with Crippen molar-refractivity contribution >= 4 is 23.4 Å². The van der Waals surface area contributed by atoms with Crippen molar-refractivity contribution in [2.75, 3.05) is 32.6 Å². The Morgan fingerprint density at radius 3 is 2.07 bits per heavy atom. The molecule has 0 radical (unpaired) electrons. The molecular weight excluding hydrogens is 362 g/mol. The summed E-state index contributed by atoms with van der Waals surface area (Å²) in [7, 11) is 2.96. The van der Waals surface area contributed by atoms with Crippen molar-refractivity contribution in [3.05, 3.63) is 53.6 Å². The van der Waals surface area contributed by atoms with E-state index in [-0.39, 0.29) is 30.8 Å². The van der Waals surface area contributed by atoms with Crippen molar-refractivity contribution in [3.63, 3.8) is 0 Å². The highest BCUT2D eigenvalue weighted by molar-refractivity contribution is 5.98. The van der Waals surface area contributed by atoms with E-state index >= 15 is 0 Å². The molecule has 0 saturated carbocycles. The van der Waals surface area contributed by atoms with E-state index in [0.29, 0.717) is 28.3 Å². The smallest absolute Gasteiger partial charge is 0.255 e. The molecule has 148 valence electrons. The van der Waals surface area contributed by atoms with Crippen LogP contribution in [0.2, 0.25) is 0 Å². The number of nitrogens with one attached hydrogen (secondary N) is 3. The van der Waals surface area contributed by atoms with E-state index in [2.05, 4.69) is 16.0 Å². The van der Waals surface area contributed by atoms with E-state index in [1.807, 2.05) is 0 Å². The Bertz CT molecular complexity index is 849. The molecule has 3 N–H and O–H groups in total. The summed E-state index contributed by atoms with van der Waals surface area (Å²) >= 11 is 0. The quantitative estimate of drug-likeness (QED) is 0.601. The van der Waals surface area contributed by atoms with Gasteiger partial charge in [-0.05, 0) is 36.4 Å². The van der Waals surface area contributed by atoms with Gasteiger partial charge in [-0.3, -0.25) is 14.4 Å². The molecule has 8 nitrogen and oxygen atoms in total. The van der Waals surface area contributed by atoms with Crippen LogP contribution in [0.1, 0.15) is 27.6 Å². The number of hydrogen-bond acceptors (Lipinski definition) is 5. The first-order chi connectivity index (χ1) is 13.5. The molecule has 2 aromatic carbocycles. The van der Waals surface area contributed by atoms with E-state index in [1.54, 1.807) is 42.5 Å². The van der Waals surface area contributed by atoms with Gasteiger partial charge in [0.1, 0.15) is 0 Å². The second kappa shape index (κ2) is 9.96. The minimum Gasteiger partial charge on any atom is -0.493 e. The van der Waals surface area contributed by atoms with Crippen LogP contribution in [0.3, 0.4) is 0 Å². The van der Waals surface area contributed by atoms with Gasteiger partial charge in [-0.2, -0.15) is 0 Å². The topological polar surface area (TPSA) is 106 Å². The number of rotatable bonds is 8. The Labute approximate surface area is 163 Å². The van der Waals surface area contributed by atoms with Gasteiger partial charge in [0, 0.05) is 31.3 Å². The number of hydrogen-bond donors (Lipinski definition) is 3. The zero-order valence-corrected chi connectivity index (χ0v) is 16.0. The van der Waals surface area contributed by atoms with Gasteiger partial charge in [0.2, 0.25) is 5.91 Å². The third kappa shape index (κ3) is 5.47. The maximum atomic E-state index is 12.3. The van der Waals surface area contributed by atoms with Crippen LogP contribution in [0.15, 0.2) is 42.5 Å². The van der Waals surface area contributed by atoms with Crippen LogP contribution >= 0.6 is 0 Å². The zero-order chi connectivity index (χ0) is 20.5. The molecule has 0 fully saturated rings. The molecule has 28 heavy (non-hydrogen) atoms. The molecule has 0 aliphatic heterocycles. The van der Waals surface area contributed by atoms with Gasteiger partial charge in [-0.15, -0.1) is 0 Å². The fourth-order valence-electron chi connectivity index (χ4n) is 2.52. The van der Waals surface area contributed by atoms with E-state index in [9.17, 15) is 14.4 Å². The molecule has 0 heterocycles. The fraction of sp³-hybridized carbons (Fsp3) is 0.250. The summed E-state index contributed by atoms with van der Waals surface area (Å²) in [6.45, 7) is 1.91. The van der Waals surface area contributed by atoms with Gasteiger partial charge in [0.05, 0.1) is 19.8 Å². The molecule has 2 aromatic rings. The zero-order valence-electron chi connectivity index (χ0n) is 16.0. The van der Waals surface area contributed by atoms with Gasteiger partial charge in [0.25, 0.3) is 11.8 Å². The fourth-order valence-corrected chi connectivity index (χ4v) is 2.52. The molecule has 0 unspecified atom stereocenters. The Balaban J connectivity index is 1.84. The van der Waals surface area contributed by atoms with Crippen LogP contribution in [0.4, 0.5) is 5.69 Å². The van der Waals surface area contributed by atoms with Gasteiger partial charge < -0.3 is 25.4 Å². The predicted octanol–water partition coefficient (Wildman–Crippen LogP) is 1.82. The summed E-state index contributed by atoms with van der Waals surface area (Å²) in [5, 5.41) is 8.08. The average Bonchev–Trinajstić information content (AvgIpc) is 2.70. The van der Waals surface area contributed by atoms with Crippen LogP contribution in [0, 0.1) is 0 Å². The van der Waals surface area contributed by atoms with Crippen molar-refractivity contribution in [1.29, 1.82) is 0 Å². The lowest BCUT2D eigenvalue weighted by Crippen LogP contribution is -2.34. The van der Waals surface area contributed by atoms with Crippen molar-refractivity contribution in [2.24, 2.45) is 0 Å². The van der Waals surface area contributed by atoms with E-state index < -0.39 is 0 Å². The second-order valence-corrected chi connectivity index (χ2v) is 5.81. The predicted molar refractivity (Wildman–Crippen MR) is 105 cm³/mol. The first kappa shape index (κ1) is 20.8. The van der Waals surface area contributed by atoms with Crippen LogP contribution in [0.25, 0.3) is 0 Å². The number of carbonyl (C=O) groups is 3. The summed E-state index contributed by atoms with van der Waals surface area (Å²) in [4.78, 5) is 35.5. The standard InChI is InChI=1S/C20H23N3O5/c1-13(24)23-15-9-7-14(8-10-15)19(25)21-11-12-22-20(26)16-5-4-6-17(27-2)18(16)28-3/h4-10H,11-12H2,1-3H3,(H,21,25)(H,22,26)(H,23,24). The Morgan fingerprint density at radius 1 is 0.857 bits per heavy atom. The van der Waals surface area contributed by atoms with Crippen LogP contribution in [-0.2, 0) is 4.79 Å². The minimum absolute atomic E-state index is 0.180. The SMILES string of the molecule is COc1cccc(C(=O)NCCNC(=O)c2ccc(NC(C)=O)cc2)c1OC. The van der Waals surface area contributed by atoms with E-state index in [1.165, 1.54) is 21.1 Å². The molecule has 0 aliphatic carbocycles. The Hall–Kier alpha value is -3.55. The number of anilines is 1. The van der Waals surface area contributed by atoms with E-state index in [0.717, 1.165) is 0 Å². The lowest BCUT2D eigenvalue weighted by Gasteiger charge is -2.13. The lowest BCUT2D eigenvalue weighted by atomic mass is 10.1. The number of ether oxygens (including phenoxy) is 2. The molecule has 2 rings (SSSR count). The summed E-state index contributed by atoms with van der Waals surface area (Å²) in [5.41, 5.74) is 1.42. The van der Waals surface area contributed by atoms with Gasteiger partial charge >= 0.3 is 0 Å². The van der Waals surface area contributed by atoms with Crippen LogP contribution in [-0.4, -0.2) is 45.0 Å². The third-order valence-electron chi connectivity index (χ3n) is 3.81. The molecule has 8 heteroatoms. The number of amides is 3. The second-order valence-electron chi connectivity index (χ2n) is 5.81. The number of carbonyl (C=O) groups excluding carboxylic acids is 3. The minimum atomic E-state index is -0.329. The molecule has 0 bridgehead atoms. The first-order valence-electron chi connectivity index (χ1n) is 8.61. The Morgan fingerprint density at radius 2 is 1.50 bits per heavy atom. The largest absolute Gasteiger partial charge is 0.493 e. The molecule has 0 aromatic heterocycles. The van der Waals surface area contributed by atoms with Crippen molar-refractivity contribution in [3.8, 4) is 11.5 Å². The number of benzene rings is 2. The highest BCUT2D eigenvalue weighted by Crippen LogP contribution is 2.30. The summed E-state index contributed by atoms with van der Waals surface area (Å²) in [6.07, 6.45) is 0. The highest BCUT2D eigenvalue weighted by Gasteiger charge is 2.16. The first-order valence-corrected chi connectivity index (χ1v) is 8.61. The van der Waals surface area contributed by atoms with Crippen LogP contribution < -0.4 is 25.4 Å². The van der Waals surface area contributed by atoms with Crippen LogP contribution in [0.5, 0.6) is 11.5 Å². The average molecular weight is 385 g/mol. The van der Waals surface area contributed by atoms with Gasteiger partial charge in [0.15, 0.2) is 11.5 Å². The highest BCUT2D eigenvalue weighted by atomic mass is 16.5. The monoisotopic (exact) mass is 385 g/mol. The number of para-hydroxylation sites is 1.